The first kappa shape index (κ1) is 15.8. The minimum Gasteiger partial charge on any atom is -0.393 e. The zero-order valence-electron chi connectivity index (χ0n) is 15.0. The summed E-state index contributed by atoms with van der Waals surface area (Å²) < 4.78 is 11.6. The third-order valence-corrected chi connectivity index (χ3v) is 8.90. The summed E-state index contributed by atoms with van der Waals surface area (Å²) in [6, 6.07) is 0. The fourth-order valence-corrected chi connectivity index (χ4v) is 7.61. The normalized spacial score (nSPS) is 61.6. The summed E-state index contributed by atoms with van der Waals surface area (Å²) in [4.78, 5) is 12.7. The standard InChI is InChI=1S/C20H30O4/c1-19-5-4-11-10(18(19)15(23-3)8-17(19)22)6-13(21)12-7-14-16(24-14)9-20(11,12)2/h10-16,18,21H,4-9H2,1-3H3/t10-,11+,12-,13+,14+,15-,16-,18-,19-,20-/m1/s1. The lowest BCUT2D eigenvalue weighted by atomic mass is 9.44. The van der Waals surface area contributed by atoms with Crippen LogP contribution >= 0.6 is 0 Å². The van der Waals surface area contributed by atoms with Gasteiger partial charge in [0.1, 0.15) is 5.78 Å². The lowest BCUT2D eigenvalue weighted by molar-refractivity contribution is -0.167. The van der Waals surface area contributed by atoms with Gasteiger partial charge in [-0.2, -0.15) is 0 Å². The van der Waals surface area contributed by atoms with Crippen LogP contribution in [0.4, 0.5) is 0 Å². The maximum Gasteiger partial charge on any atom is 0.141 e. The summed E-state index contributed by atoms with van der Waals surface area (Å²) in [5.74, 6) is 2.03. The Labute approximate surface area is 144 Å². The summed E-state index contributed by atoms with van der Waals surface area (Å²) in [5.41, 5.74) is -0.0801. The molecule has 0 bridgehead atoms. The maximum absolute atomic E-state index is 12.7. The summed E-state index contributed by atoms with van der Waals surface area (Å²) in [6.07, 6.45) is 6.25. The average Bonchev–Trinajstić information content (AvgIpc) is 3.22. The van der Waals surface area contributed by atoms with Gasteiger partial charge in [0.25, 0.3) is 0 Å². The van der Waals surface area contributed by atoms with Gasteiger partial charge in [0.05, 0.1) is 24.4 Å². The zero-order valence-corrected chi connectivity index (χ0v) is 15.0. The summed E-state index contributed by atoms with van der Waals surface area (Å²) in [5, 5.41) is 11.0. The Hall–Kier alpha value is -0.450. The molecule has 5 aliphatic rings. The van der Waals surface area contributed by atoms with Crippen molar-refractivity contribution in [2.75, 3.05) is 7.11 Å². The van der Waals surface area contributed by atoms with Crippen LogP contribution in [0.5, 0.6) is 0 Å². The molecule has 24 heavy (non-hydrogen) atoms. The number of carbonyl (C=O) groups excluding carboxylic acids is 1. The van der Waals surface area contributed by atoms with E-state index in [9.17, 15) is 9.90 Å². The van der Waals surface area contributed by atoms with E-state index in [1.807, 2.05) is 0 Å². The molecular weight excluding hydrogens is 304 g/mol. The molecule has 10 atom stereocenters. The third-order valence-electron chi connectivity index (χ3n) is 8.90. The van der Waals surface area contributed by atoms with E-state index in [1.165, 1.54) is 0 Å². The van der Waals surface area contributed by atoms with Crippen LogP contribution in [0.2, 0.25) is 0 Å². The minimum absolute atomic E-state index is 0.0381. The fraction of sp³-hybridized carbons (Fsp3) is 0.950. The van der Waals surface area contributed by atoms with Gasteiger partial charge in [-0.05, 0) is 55.3 Å². The number of hydrogen-bond donors (Lipinski definition) is 1. The van der Waals surface area contributed by atoms with Gasteiger partial charge in [0.15, 0.2) is 0 Å². The molecule has 0 amide bonds. The second-order valence-corrected chi connectivity index (χ2v) is 9.72. The number of ether oxygens (including phenoxy) is 2. The quantitative estimate of drug-likeness (QED) is 0.749. The molecule has 0 spiro atoms. The van der Waals surface area contributed by atoms with Gasteiger partial charge >= 0.3 is 0 Å². The first-order valence-electron chi connectivity index (χ1n) is 9.78. The number of methoxy groups -OCH3 is 1. The van der Waals surface area contributed by atoms with Crippen LogP contribution in [0.25, 0.3) is 0 Å². The molecule has 1 saturated heterocycles. The number of aliphatic hydroxyl groups excluding tert-OH is 1. The van der Waals surface area contributed by atoms with Crippen molar-refractivity contribution in [3.63, 3.8) is 0 Å². The van der Waals surface area contributed by atoms with Crippen LogP contribution in [-0.2, 0) is 14.3 Å². The molecule has 0 aromatic rings. The number of Topliss-reactive ketones (excluding diaryl/α,β-unsaturated/α-hetero) is 1. The third kappa shape index (κ3) is 1.83. The Balaban J connectivity index is 1.53. The van der Waals surface area contributed by atoms with E-state index in [-0.39, 0.29) is 29.0 Å². The first-order valence-corrected chi connectivity index (χ1v) is 9.78. The summed E-state index contributed by atoms with van der Waals surface area (Å²) >= 11 is 0. The second kappa shape index (κ2) is 4.83. The van der Waals surface area contributed by atoms with Crippen molar-refractivity contribution in [2.45, 2.75) is 76.8 Å². The SMILES string of the molecule is CO[C@@H]1CC(=O)[C@@]2(C)CC[C@H]3[C@@H](C[C@H](O)[C@H]4C[C@@H]5O[C@@H]5C[C@@]43C)[C@H]12. The molecule has 0 aromatic carbocycles. The van der Waals surface area contributed by atoms with Gasteiger partial charge < -0.3 is 14.6 Å². The van der Waals surface area contributed by atoms with Crippen LogP contribution in [0.1, 0.15) is 52.4 Å². The van der Waals surface area contributed by atoms with Crippen molar-refractivity contribution in [1.29, 1.82) is 0 Å². The molecule has 0 aromatic heterocycles. The smallest absolute Gasteiger partial charge is 0.141 e. The molecule has 1 aliphatic heterocycles. The van der Waals surface area contributed by atoms with E-state index in [0.29, 0.717) is 42.2 Å². The number of ketones is 1. The van der Waals surface area contributed by atoms with Crippen molar-refractivity contribution < 1.29 is 19.4 Å². The number of aliphatic hydroxyl groups is 1. The minimum atomic E-state index is -0.253. The average molecular weight is 334 g/mol. The monoisotopic (exact) mass is 334 g/mol. The Morgan fingerprint density at radius 2 is 2.00 bits per heavy atom. The Kier molecular flexibility index (Phi) is 3.18. The van der Waals surface area contributed by atoms with Gasteiger partial charge in [0, 0.05) is 24.9 Å². The van der Waals surface area contributed by atoms with Gasteiger partial charge in [-0.25, -0.2) is 0 Å². The fourth-order valence-electron chi connectivity index (χ4n) is 7.61. The van der Waals surface area contributed by atoms with Gasteiger partial charge in [-0.15, -0.1) is 0 Å². The van der Waals surface area contributed by atoms with E-state index < -0.39 is 0 Å². The molecule has 1 N–H and O–H groups in total. The topological polar surface area (TPSA) is 59.1 Å². The van der Waals surface area contributed by atoms with Crippen LogP contribution < -0.4 is 0 Å². The molecule has 5 fully saturated rings. The summed E-state index contributed by atoms with van der Waals surface area (Å²) in [6.45, 7) is 4.56. The van der Waals surface area contributed by atoms with Crippen molar-refractivity contribution in [1.82, 2.24) is 0 Å². The molecule has 134 valence electrons. The van der Waals surface area contributed by atoms with Crippen molar-refractivity contribution in [3.05, 3.63) is 0 Å². The molecule has 5 rings (SSSR count). The molecule has 4 nitrogen and oxygen atoms in total. The van der Waals surface area contributed by atoms with Gasteiger partial charge in [0.2, 0.25) is 0 Å². The predicted octanol–water partition coefficient (Wildman–Crippen LogP) is 2.57. The van der Waals surface area contributed by atoms with E-state index in [2.05, 4.69) is 13.8 Å². The lowest BCUT2D eigenvalue weighted by Gasteiger charge is -2.60. The Morgan fingerprint density at radius 3 is 2.75 bits per heavy atom. The second-order valence-electron chi connectivity index (χ2n) is 9.72. The highest BCUT2D eigenvalue weighted by atomic mass is 16.6. The van der Waals surface area contributed by atoms with E-state index in [0.717, 1.165) is 32.1 Å². The van der Waals surface area contributed by atoms with Crippen molar-refractivity contribution in [3.8, 4) is 0 Å². The van der Waals surface area contributed by atoms with Crippen molar-refractivity contribution >= 4 is 5.78 Å². The van der Waals surface area contributed by atoms with Crippen LogP contribution in [0, 0.1) is 34.5 Å². The van der Waals surface area contributed by atoms with E-state index in [1.54, 1.807) is 7.11 Å². The van der Waals surface area contributed by atoms with Crippen LogP contribution in [0.3, 0.4) is 0 Å². The van der Waals surface area contributed by atoms with Crippen molar-refractivity contribution in [2.24, 2.45) is 34.5 Å². The number of hydrogen-bond acceptors (Lipinski definition) is 4. The highest BCUT2D eigenvalue weighted by Crippen LogP contribution is 2.67. The molecular formula is C20H30O4. The van der Waals surface area contributed by atoms with Gasteiger partial charge in [-0.1, -0.05) is 13.8 Å². The van der Waals surface area contributed by atoms with Crippen LogP contribution in [0.15, 0.2) is 0 Å². The molecule has 0 radical (unpaired) electrons. The molecule has 4 saturated carbocycles. The number of epoxide rings is 1. The Bertz CT molecular complexity index is 576. The Morgan fingerprint density at radius 1 is 1.21 bits per heavy atom. The van der Waals surface area contributed by atoms with E-state index in [4.69, 9.17) is 9.47 Å². The molecule has 4 aliphatic carbocycles. The van der Waals surface area contributed by atoms with E-state index >= 15 is 0 Å². The predicted molar refractivity (Wildman–Crippen MR) is 88.3 cm³/mol. The zero-order chi connectivity index (χ0) is 16.9. The highest BCUT2D eigenvalue weighted by molar-refractivity contribution is 5.88. The van der Waals surface area contributed by atoms with Gasteiger partial charge in [-0.3, -0.25) is 4.79 Å². The molecule has 0 unspecified atom stereocenters. The number of carbonyl (C=O) groups is 1. The summed E-state index contributed by atoms with van der Waals surface area (Å²) in [7, 11) is 1.75. The van der Waals surface area contributed by atoms with Crippen LogP contribution in [-0.4, -0.2) is 42.4 Å². The number of fused-ring (bicyclic) bond motifs is 6. The first-order chi connectivity index (χ1) is 11.4. The largest absolute Gasteiger partial charge is 0.393 e. The molecule has 4 heteroatoms. The number of rotatable bonds is 1. The highest BCUT2D eigenvalue weighted by Gasteiger charge is 2.67. The molecule has 1 heterocycles. The maximum atomic E-state index is 12.7. The lowest BCUT2D eigenvalue weighted by Crippen LogP contribution is -2.59.